The number of benzene rings is 1. The smallest absolute Gasteiger partial charge is 0.261 e. The van der Waals surface area contributed by atoms with Crippen LogP contribution in [0.4, 0.5) is 0 Å². The van der Waals surface area contributed by atoms with Crippen LogP contribution in [0.1, 0.15) is 17.3 Å². The first kappa shape index (κ1) is 16.7. The largest absolute Gasteiger partial charge is 0.336 e. The summed E-state index contributed by atoms with van der Waals surface area (Å²) < 4.78 is 24.8. The quantitative estimate of drug-likeness (QED) is 0.861. The molecule has 1 saturated heterocycles. The second kappa shape index (κ2) is 6.03. The van der Waals surface area contributed by atoms with E-state index in [0.717, 1.165) is 11.6 Å². The van der Waals surface area contributed by atoms with E-state index >= 15 is 0 Å². The highest BCUT2D eigenvalue weighted by molar-refractivity contribution is 7.88. The summed E-state index contributed by atoms with van der Waals surface area (Å²) in [7, 11) is -3.30. The van der Waals surface area contributed by atoms with E-state index in [0.29, 0.717) is 5.52 Å². The molecule has 0 aliphatic carbocycles. The summed E-state index contributed by atoms with van der Waals surface area (Å²) in [6.45, 7) is 2.52. The Balaban J connectivity index is 1.88. The molecule has 1 aliphatic heterocycles. The van der Waals surface area contributed by atoms with Crippen LogP contribution in [0.5, 0.6) is 0 Å². The van der Waals surface area contributed by atoms with E-state index in [1.54, 1.807) is 19.1 Å². The maximum absolute atomic E-state index is 12.7. The van der Waals surface area contributed by atoms with Crippen LogP contribution in [0, 0.1) is 0 Å². The first-order valence-corrected chi connectivity index (χ1v) is 9.50. The molecule has 1 aromatic heterocycles. The number of carbonyl (C=O) groups excluding carboxylic acids is 1. The van der Waals surface area contributed by atoms with Gasteiger partial charge in [-0.05, 0) is 24.4 Å². The fourth-order valence-electron chi connectivity index (χ4n) is 3.09. The van der Waals surface area contributed by atoms with E-state index in [9.17, 15) is 18.0 Å². The Bertz CT molecular complexity index is 951. The number of aromatic nitrogens is 1. The summed E-state index contributed by atoms with van der Waals surface area (Å²) in [5, 5.41) is 0.781. The second-order valence-corrected chi connectivity index (χ2v) is 8.01. The zero-order valence-corrected chi connectivity index (χ0v) is 14.3. The highest BCUT2D eigenvalue weighted by Crippen LogP contribution is 2.16. The predicted molar refractivity (Wildman–Crippen MR) is 91.5 cm³/mol. The number of carbonyl (C=O) groups is 1. The van der Waals surface area contributed by atoms with Gasteiger partial charge in [0.15, 0.2) is 0 Å². The number of aromatic amines is 1. The van der Waals surface area contributed by atoms with Crippen LogP contribution in [-0.4, -0.2) is 60.4 Å². The van der Waals surface area contributed by atoms with E-state index in [-0.39, 0.29) is 37.1 Å². The molecule has 1 N–H and O–H groups in total. The minimum absolute atomic E-state index is 0.0775. The van der Waals surface area contributed by atoms with Crippen molar-refractivity contribution in [3.63, 3.8) is 0 Å². The van der Waals surface area contributed by atoms with Gasteiger partial charge in [-0.25, -0.2) is 8.42 Å². The lowest BCUT2D eigenvalue weighted by Gasteiger charge is -2.38. The number of hydrogen-bond donors (Lipinski definition) is 1. The number of nitrogens with zero attached hydrogens (tertiary/aromatic N) is 2. The number of fused-ring (bicyclic) bond motifs is 1. The van der Waals surface area contributed by atoms with Crippen molar-refractivity contribution in [2.45, 2.75) is 13.0 Å². The van der Waals surface area contributed by atoms with Crippen molar-refractivity contribution < 1.29 is 13.2 Å². The van der Waals surface area contributed by atoms with Crippen molar-refractivity contribution in [3.8, 4) is 0 Å². The number of amides is 1. The number of rotatable bonds is 2. The lowest BCUT2D eigenvalue weighted by Crippen LogP contribution is -2.55. The molecular formula is C16H19N3O4S. The number of nitrogens with one attached hydrogen (secondary N) is 1. The van der Waals surface area contributed by atoms with Crippen molar-refractivity contribution in [1.82, 2.24) is 14.2 Å². The van der Waals surface area contributed by atoms with Gasteiger partial charge in [-0.3, -0.25) is 9.59 Å². The van der Waals surface area contributed by atoms with Crippen LogP contribution >= 0.6 is 0 Å². The average molecular weight is 349 g/mol. The van der Waals surface area contributed by atoms with Gasteiger partial charge >= 0.3 is 0 Å². The molecule has 1 atom stereocenters. The maximum Gasteiger partial charge on any atom is 0.261 e. The van der Waals surface area contributed by atoms with Crippen LogP contribution in [0.15, 0.2) is 35.1 Å². The molecule has 0 saturated carbocycles. The van der Waals surface area contributed by atoms with Gasteiger partial charge in [0.25, 0.3) is 11.5 Å². The maximum atomic E-state index is 12.7. The molecule has 24 heavy (non-hydrogen) atoms. The third-order valence-corrected chi connectivity index (χ3v) is 5.66. The Morgan fingerprint density at radius 1 is 1.25 bits per heavy atom. The Morgan fingerprint density at radius 3 is 2.62 bits per heavy atom. The first-order chi connectivity index (χ1) is 11.3. The molecule has 1 aromatic carbocycles. The summed E-state index contributed by atoms with van der Waals surface area (Å²) in [4.78, 5) is 29.2. The third-order valence-electron chi connectivity index (χ3n) is 4.26. The van der Waals surface area contributed by atoms with Crippen LogP contribution in [-0.2, 0) is 10.0 Å². The van der Waals surface area contributed by atoms with E-state index in [1.807, 2.05) is 18.2 Å². The minimum atomic E-state index is -3.30. The topological polar surface area (TPSA) is 90.6 Å². The monoisotopic (exact) mass is 349 g/mol. The van der Waals surface area contributed by atoms with Crippen LogP contribution in [0.25, 0.3) is 10.9 Å². The molecule has 0 bridgehead atoms. The Labute approximate surface area is 139 Å². The molecule has 1 amide bonds. The van der Waals surface area contributed by atoms with Crippen LogP contribution in [0.2, 0.25) is 0 Å². The Morgan fingerprint density at radius 2 is 1.96 bits per heavy atom. The molecule has 7 nitrogen and oxygen atoms in total. The molecule has 128 valence electrons. The molecule has 0 unspecified atom stereocenters. The third kappa shape index (κ3) is 3.07. The molecule has 8 heteroatoms. The number of para-hydroxylation sites is 1. The number of sulfonamides is 1. The highest BCUT2D eigenvalue weighted by Gasteiger charge is 2.32. The Kier molecular flexibility index (Phi) is 4.18. The lowest BCUT2D eigenvalue weighted by molar-refractivity contribution is 0.0641. The van der Waals surface area contributed by atoms with Gasteiger partial charge in [0.05, 0.1) is 6.26 Å². The minimum Gasteiger partial charge on any atom is -0.336 e. The molecule has 0 spiro atoms. The summed E-state index contributed by atoms with van der Waals surface area (Å²) in [6.07, 6.45) is 1.16. The van der Waals surface area contributed by atoms with Gasteiger partial charge in [-0.1, -0.05) is 18.2 Å². The van der Waals surface area contributed by atoms with Crippen LogP contribution in [0.3, 0.4) is 0 Å². The molecule has 1 fully saturated rings. The van der Waals surface area contributed by atoms with Gasteiger partial charge in [0.1, 0.15) is 5.56 Å². The van der Waals surface area contributed by atoms with Crippen molar-refractivity contribution in [2.24, 2.45) is 0 Å². The van der Waals surface area contributed by atoms with Gasteiger partial charge < -0.3 is 9.88 Å². The fourth-order valence-corrected chi connectivity index (χ4v) is 4.23. The van der Waals surface area contributed by atoms with E-state index < -0.39 is 15.6 Å². The van der Waals surface area contributed by atoms with E-state index in [1.165, 1.54) is 9.21 Å². The normalized spacial score (nSPS) is 19.6. The van der Waals surface area contributed by atoms with Crippen molar-refractivity contribution in [2.75, 3.05) is 25.9 Å². The van der Waals surface area contributed by atoms with Crippen LogP contribution < -0.4 is 5.56 Å². The summed E-state index contributed by atoms with van der Waals surface area (Å²) in [5.74, 6) is -0.373. The molecule has 2 aromatic rings. The van der Waals surface area contributed by atoms with Gasteiger partial charge in [0.2, 0.25) is 10.0 Å². The van der Waals surface area contributed by atoms with Gasteiger partial charge in [0, 0.05) is 31.2 Å². The number of hydrogen-bond acceptors (Lipinski definition) is 4. The zero-order valence-electron chi connectivity index (χ0n) is 13.5. The molecule has 3 rings (SSSR count). The Hall–Kier alpha value is -2.19. The fraction of sp³-hybridized carbons (Fsp3) is 0.375. The van der Waals surface area contributed by atoms with E-state index in [2.05, 4.69) is 4.98 Å². The highest BCUT2D eigenvalue weighted by atomic mass is 32.2. The SMILES string of the molecule is C[C@H]1CN(C(=O)c2cc3ccccc3[nH]c2=O)CCN1S(C)(=O)=O. The molecule has 1 aliphatic rings. The van der Waals surface area contributed by atoms with E-state index in [4.69, 9.17) is 0 Å². The predicted octanol–water partition coefficient (Wildman–Crippen LogP) is 0.634. The average Bonchev–Trinajstić information content (AvgIpc) is 2.52. The summed E-state index contributed by atoms with van der Waals surface area (Å²) in [5.41, 5.74) is 0.319. The number of piperazine rings is 1. The second-order valence-electron chi connectivity index (χ2n) is 6.07. The zero-order chi connectivity index (χ0) is 17.5. The lowest BCUT2D eigenvalue weighted by atomic mass is 10.1. The summed E-state index contributed by atoms with van der Waals surface area (Å²) >= 11 is 0. The molecule has 2 heterocycles. The summed E-state index contributed by atoms with van der Waals surface area (Å²) in [6, 6.07) is 8.51. The number of pyridine rings is 1. The first-order valence-electron chi connectivity index (χ1n) is 7.65. The molecular weight excluding hydrogens is 330 g/mol. The van der Waals surface area contributed by atoms with Gasteiger partial charge in [-0.15, -0.1) is 0 Å². The number of H-pyrrole nitrogens is 1. The molecule has 0 radical (unpaired) electrons. The standard InChI is InChI=1S/C16H19N3O4S/c1-11-10-18(7-8-19(11)24(2,22)23)16(21)13-9-12-5-3-4-6-14(12)17-15(13)20/h3-6,9,11H,7-8,10H2,1-2H3,(H,17,20)/t11-/m0/s1. The van der Waals surface area contributed by atoms with Gasteiger partial charge in [-0.2, -0.15) is 4.31 Å². The van der Waals surface area contributed by atoms with Crippen molar-refractivity contribution in [3.05, 3.63) is 46.2 Å². The van der Waals surface area contributed by atoms with Crippen molar-refractivity contribution >= 4 is 26.8 Å². The van der Waals surface area contributed by atoms with Crippen molar-refractivity contribution in [1.29, 1.82) is 0 Å².